The van der Waals surface area contributed by atoms with E-state index in [9.17, 15) is 4.79 Å². The molecule has 0 fully saturated rings. The number of nitrogens with two attached hydrogens (primary N) is 1. The molecule has 0 aliphatic rings. The summed E-state index contributed by atoms with van der Waals surface area (Å²) in [5, 5.41) is 4.11. The minimum absolute atomic E-state index is 0.0463. The van der Waals surface area contributed by atoms with Crippen molar-refractivity contribution in [3.8, 4) is 0 Å². The number of benzene rings is 1. The predicted molar refractivity (Wildman–Crippen MR) is 77.7 cm³/mol. The van der Waals surface area contributed by atoms with Gasteiger partial charge in [0.05, 0.1) is 0 Å². The summed E-state index contributed by atoms with van der Waals surface area (Å²) in [7, 11) is 0. The summed E-state index contributed by atoms with van der Waals surface area (Å²) in [6, 6.07) is 8.35. The number of nitrogens with one attached hydrogen (secondary N) is 1. The topological polar surface area (TPSA) is 60.0 Å². The molecule has 0 aliphatic heterocycles. The van der Waals surface area contributed by atoms with Crippen molar-refractivity contribution < 1.29 is 4.79 Å². The minimum atomic E-state index is 0.0463. The number of carbonyl (C=O) groups excluding carboxylic acids is 1. The van der Waals surface area contributed by atoms with E-state index in [2.05, 4.69) is 12.2 Å². The van der Waals surface area contributed by atoms with Crippen LogP contribution in [0.5, 0.6) is 0 Å². The first-order chi connectivity index (χ1) is 9.13. The molecule has 0 aliphatic carbocycles. The zero-order chi connectivity index (χ0) is 13.8. The maximum Gasteiger partial charge on any atom is 0.240 e. The van der Waals surface area contributed by atoms with Crippen LogP contribution >= 0.6 is 0 Å². The van der Waals surface area contributed by atoms with Crippen molar-refractivity contribution in [2.24, 2.45) is 5.73 Å². The fourth-order valence-electron chi connectivity index (χ4n) is 2.07. The van der Waals surface area contributed by atoms with Crippen LogP contribution < -0.4 is 11.1 Å². The summed E-state index contributed by atoms with van der Waals surface area (Å²) in [5.74, 6) is 0.0463. The SMILES string of the molecule is CCC(C)NC(=O)Cn1ccc2ccc(CN)cc21. The molecule has 3 N–H and O–H groups in total. The molecule has 1 heterocycles. The smallest absolute Gasteiger partial charge is 0.240 e. The van der Waals surface area contributed by atoms with E-state index in [1.54, 1.807) is 0 Å². The number of aromatic nitrogens is 1. The van der Waals surface area contributed by atoms with Crippen molar-refractivity contribution in [1.82, 2.24) is 9.88 Å². The van der Waals surface area contributed by atoms with Gasteiger partial charge in [-0.05, 0) is 36.4 Å². The maximum atomic E-state index is 11.9. The number of carbonyl (C=O) groups is 1. The molecule has 1 aromatic carbocycles. The maximum absolute atomic E-state index is 11.9. The molecule has 0 saturated carbocycles. The molecule has 1 aromatic heterocycles. The highest BCUT2D eigenvalue weighted by Crippen LogP contribution is 2.17. The first kappa shape index (κ1) is 13.6. The van der Waals surface area contributed by atoms with Crippen LogP contribution in [-0.2, 0) is 17.9 Å². The van der Waals surface area contributed by atoms with Gasteiger partial charge in [0.25, 0.3) is 0 Å². The van der Waals surface area contributed by atoms with Crippen molar-refractivity contribution in [3.63, 3.8) is 0 Å². The normalized spacial score (nSPS) is 12.6. The molecule has 19 heavy (non-hydrogen) atoms. The molecule has 2 rings (SSSR count). The Labute approximate surface area is 113 Å². The summed E-state index contributed by atoms with van der Waals surface area (Å²) >= 11 is 0. The second-order valence-electron chi connectivity index (χ2n) is 4.92. The van der Waals surface area contributed by atoms with Crippen LogP contribution in [0.3, 0.4) is 0 Å². The van der Waals surface area contributed by atoms with Gasteiger partial charge in [0.15, 0.2) is 0 Å². The first-order valence-corrected chi connectivity index (χ1v) is 6.71. The number of hydrogen-bond donors (Lipinski definition) is 2. The lowest BCUT2D eigenvalue weighted by Crippen LogP contribution is -2.34. The van der Waals surface area contributed by atoms with Gasteiger partial charge in [-0.2, -0.15) is 0 Å². The van der Waals surface area contributed by atoms with Crippen molar-refractivity contribution >= 4 is 16.8 Å². The monoisotopic (exact) mass is 259 g/mol. The highest BCUT2D eigenvalue weighted by molar-refractivity contribution is 5.83. The lowest BCUT2D eigenvalue weighted by Gasteiger charge is -2.12. The van der Waals surface area contributed by atoms with Crippen molar-refractivity contribution in [3.05, 3.63) is 36.0 Å². The Balaban J connectivity index is 2.18. The van der Waals surface area contributed by atoms with Gasteiger partial charge in [-0.1, -0.05) is 19.1 Å². The number of amides is 1. The Hall–Kier alpha value is -1.81. The van der Waals surface area contributed by atoms with E-state index in [4.69, 9.17) is 5.73 Å². The molecule has 0 spiro atoms. The summed E-state index contributed by atoms with van der Waals surface area (Å²) in [6.07, 6.45) is 2.89. The molecule has 4 nitrogen and oxygen atoms in total. The molecule has 102 valence electrons. The third-order valence-electron chi connectivity index (χ3n) is 3.41. The summed E-state index contributed by atoms with van der Waals surface area (Å²) in [5.41, 5.74) is 7.79. The molecular formula is C15H21N3O. The third kappa shape index (κ3) is 3.15. The molecule has 0 radical (unpaired) electrons. The zero-order valence-electron chi connectivity index (χ0n) is 11.5. The zero-order valence-corrected chi connectivity index (χ0v) is 11.5. The Morgan fingerprint density at radius 1 is 1.42 bits per heavy atom. The van der Waals surface area contributed by atoms with E-state index in [1.165, 1.54) is 0 Å². The predicted octanol–water partition coefficient (Wildman–Crippen LogP) is 2.01. The number of nitrogens with zero attached hydrogens (tertiary/aromatic N) is 1. The van der Waals surface area contributed by atoms with E-state index in [0.29, 0.717) is 13.1 Å². The number of rotatable bonds is 5. The quantitative estimate of drug-likeness (QED) is 0.863. The molecular weight excluding hydrogens is 238 g/mol. The van der Waals surface area contributed by atoms with Gasteiger partial charge in [0.2, 0.25) is 5.91 Å². The van der Waals surface area contributed by atoms with Gasteiger partial charge in [0, 0.05) is 24.3 Å². The van der Waals surface area contributed by atoms with Crippen LogP contribution in [0.1, 0.15) is 25.8 Å². The van der Waals surface area contributed by atoms with Gasteiger partial charge in [-0.25, -0.2) is 0 Å². The van der Waals surface area contributed by atoms with E-state index in [0.717, 1.165) is 22.9 Å². The second-order valence-corrected chi connectivity index (χ2v) is 4.92. The number of hydrogen-bond acceptors (Lipinski definition) is 2. The van der Waals surface area contributed by atoms with Gasteiger partial charge < -0.3 is 15.6 Å². The first-order valence-electron chi connectivity index (χ1n) is 6.71. The molecule has 0 saturated heterocycles. The largest absolute Gasteiger partial charge is 0.352 e. The molecule has 1 atom stereocenters. The van der Waals surface area contributed by atoms with Crippen molar-refractivity contribution in [2.45, 2.75) is 39.4 Å². The van der Waals surface area contributed by atoms with E-state index >= 15 is 0 Å². The van der Waals surface area contributed by atoms with E-state index < -0.39 is 0 Å². The van der Waals surface area contributed by atoms with Crippen LogP contribution in [-0.4, -0.2) is 16.5 Å². The number of fused-ring (bicyclic) bond motifs is 1. The van der Waals surface area contributed by atoms with Crippen LogP contribution in [0.15, 0.2) is 30.5 Å². The van der Waals surface area contributed by atoms with E-state index in [-0.39, 0.29) is 11.9 Å². The average molecular weight is 259 g/mol. The molecule has 4 heteroatoms. The summed E-state index contributed by atoms with van der Waals surface area (Å²) in [4.78, 5) is 11.9. The molecule has 1 amide bonds. The van der Waals surface area contributed by atoms with Gasteiger partial charge in [0.1, 0.15) is 6.54 Å². The minimum Gasteiger partial charge on any atom is -0.352 e. The van der Waals surface area contributed by atoms with Crippen LogP contribution in [0.4, 0.5) is 0 Å². The van der Waals surface area contributed by atoms with E-state index in [1.807, 2.05) is 42.0 Å². The fourth-order valence-corrected chi connectivity index (χ4v) is 2.07. The molecule has 1 unspecified atom stereocenters. The fraction of sp³-hybridized carbons (Fsp3) is 0.400. The van der Waals surface area contributed by atoms with Crippen LogP contribution in [0.2, 0.25) is 0 Å². The Bertz CT molecular complexity index is 574. The van der Waals surface area contributed by atoms with Gasteiger partial charge in [-0.15, -0.1) is 0 Å². The van der Waals surface area contributed by atoms with Gasteiger partial charge >= 0.3 is 0 Å². The Morgan fingerprint density at radius 3 is 2.89 bits per heavy atom. The van der Waals surface area contributed by atoms with Gasteiger partial charge in [-0.3, -0.25) is 4.79 Å². The third-order valence-corrected chi connectivity index (χ3v) is 3.41. The lowest BCUT2D eigenvalue weighted by atomic mass is 10.1. The highest BCUT2D eigenvalue weighted by atomic mass is 16.2. The summed E-state index contributed by atoms with van der Waals surface area (Å²) < 4.78 is 1.96. The van der Waals surface area contributed by atoms with Crippen LogP contribution in [0, 0.1) is 0 Å². The standard InChI is InChI=1S/C15H21N3O/c1-3-11(2)17-15(19)10-18-7-6-13-5-4-12(9-16)8-14(13)18/h4-8,11H,3,9-10,16H2,1-2H3,(H,17,19). The Kier molecular flexibility index (Phi) is 4.22. The van der Waals surface area contributed by atoms with Crippen molar-refractivity contribution in [1.29, 1.82) is 0 Å². The highest BCUT2D eigenvalue weighted by Gasteiger charge is 2.08. The van der Waals surface area contributed by atoms with Crippen LogP contribution in [0.25, 0.3) is 10.9 Å². The Morgan fingerprint density at radius 2 is 2.21 bits per heavy atom. The molecule has 2 aromatic rings. The second kappa shape index (κ2) is 5.89. The summed E-state index contributed by atoms with van der Waals surface area (Å²) in [6.45, 7) is 4.93. The van der Waals surface area contributed by atoms with Crippen molar-refractivity contribution in [2.75, 3.05) is 0 Å². The average Bonchev–Trinajstić information content (AvgIpc) is 2.80. The molecule has 0 bridgehead atoms. The lowest BCUT2D eigenvalue weighted by molar-refractivity contribution is -0.122.